The van der Waals surface area contributed by atoms with Crippen LogP contribution in [0.2, 0.25) is 0 Å². The number of fused-ring (bicyclic) bond motifs is 1. The number of nitrogens with zero attached hydrogens (tertiary/aromatic N) is 2. The summed E-state index contributed by atoms with van der Waals surface area (Å²) in [4.78, 5) is 15.1. The molecule has 27 heavy (non-hydrogen) atoms. The van der Waals surface area contributed by atoms with Crippen molar-refractivity contribution in [3.05, 3.63) is 66.4 Å². The third-order valence-corrected chi connectivity index (χ3v) is 5.60. The Morgan fingerprint density at radius 1 is 1.07 bits per heavy atom. The first-order valence-electron chi connectivity index (χ1n) is 9.70. The molecule has 140 valence electrons. The molecule has 0 bridgehead atoms. The number of para-hydroxylation sites is 1. The lowest BCUT2D eigenvalue weighted by Gasteiger charge is -2.25. The Kier molecular flexibility index (Phi) is 5.14. The Hall–Kier alpha value is -2.75. The fraction of sp³-hybridized carbons (Fsp3) is 0.348. The molecule has 1 amide bonds. The highest BCUT2D eigenvalue weighted by Gasteiger charge is 2.23. The highest BCUT2D eigenvalue weighted by atomic mass is 16.5. The van der Waals surface area contributed by atoms with Crippen molar-refractivity contribution in [3.63, 3.8) is 0 Å². The van der Waals surface area contributed by atoms with Crippen LogP contribution in [0.4, 0.5) is 0 Å². The summed E-state index contributed by atoms with van der Waals surface area (Å²) in [5.74, 6) is 1.47. The van der Waals surface area contributed by atoms with Crippen LogP contribution < -0.4 is 4.74 Å². The molecule has 0 N–H and O–H groups in total. The fourth-order valence-electron chi connectivity index (χ4n) is 4.04. The SMILES string of the molecule is COc1ccc(C2CCCCN(C(=O)Cn3ccc4ccccc43)C2)cc1. The summed E-state index contributed by atoms with van der Waals surface area (Å²) >= 11 is 0. The van der Waals surface area contributed by atoms with Crippen LogP contribution in [-0.2, 0) is 11.3 Å². The number of carbonyl (C=O) groups is 1. The van der Waals surface area contributed by atoms with Gasteiger partial charge < -0.3 is 14.2 Å². The molecule has 4 nitrogen and oxygen atoms in total. The van der Waals surface area contributed by atoms with Gasteiger partial charge in [-0.15, -0.1) is 0 Å². The summed E-state index contributed by atoms with van der Waals surface area (Å²) in [6.07, 6.45) is 5.38. The molecule has 2 heterocycles. The molecule has 4 heteroatoms. The average molecular weight is 362 g/mol. The minimum absolute atomic E-state index is 0.205. The topological polar surface area (TPSA) is 34.5 Å². The molecule has 1 unspecified atom stereocenters. The van der Waals surface area contributed by atoms with Gasteiger partial charge in [-0.1, -0.05) is 36.8 Å². The molecule has 0 saturated carbocycles. The zero-order valence-electron chi connectivity index (χ0n) is 15.8. The van der Waals surface area contributed by atoms with E-state index in [1.165, 1.54) is 10.9 Å². The number of amides is 1. The molecule has 4 rings (SSSR count). The Morgan fingerprint density at radius 2 is 1.89 bits per heavy atom. The lowest BCUT2D eigenvalue weighted by Crippen LogP contribution is -2.36. The maximum atomic E-state index is 13.0. The first-order chi connectivity index (χ1) is 13.2. The molecule has 1 aliphatic rings. The number of likely N-dealkylation sites (tertiary alicyclic amines) is 1. The van der Waals surface area contributed by atoms with Crippen LogP contribution in [0.15, 0.2) is 60.8 Å². The van der Waals surface area contributed by atoms with Gasteiger partial charge in [0.1, 0.15) is 12.3 Å². The highest BCUT2D eigenvalue weighted by molar-refractivity contribution is 5.83. The molecular weight excluding hydrogens is 336 g/mol. The molecular formula is C23H26N2O2. The van der Waals surface area contributed by atoms with Gasteiger partial charge in [0.15, 0.2) is 0 Å². The smallest absolute Gasteiger partial charge is 0.242 e. The van der Waals surface area contributed by atoms with Gasteiger partial charge in [-0.2, -0.15) is 0 Å². The number of ether oxygens (including phenoxy) is 1. The van der Waals surface area contributed by atoms with Gasteiger partial charge in [0.2, 0.25) is 5.91 Å². The summed E-state index contributed by atoms with van der Waals surface area (Å²) in [5.41, 5.74) is 2.41. The summed E-state index contributed by atoms with van der Waals surface area (Å²) in [6, 6.07) is 18.6. The monoisotopic (exact) mass is 362 g/mol. The van der Waals surface area contributed by atoms with E-state index in [9.17, 15) is 4.79 Å². The van der Waals surface area contributed by atoms with Crippen molar-refractivity contribution in [1.29, 1.82) is 0 Å². The second kappa shape index (κ2) is 7.87. The lowest BCUT2D eigenvalue weighted by atomic mass is 9.94. The van der Waals surface area contributed by atoms with Crippen molar-refractivity contribution >= 4 is 16.8 Å². The van der Waals surface area contributed by atoms with E-state index < -0.39 is 0 Å². The van der Waals surface area contributed by atoms with E-state index in [1.807, 2.05) is 30.5 Å². The number of aromatic nitrogens is 1. The van der Waals surface area contributed by atoms with Crippen molar-refractivity contribution < 1.29 is 9.53 Å². The Labute approximate surface area is 160 Å². The summed E-state index contributed by atoms with van der Waals surface area (Å²) in [7, 11) is 1.69. The highest BCUT2D eigenvalue weighted by Crippen LogP contribution is 2.28. The Balaban J connectivity index is 1.48. The molecule has 3 aromatic rings. The number of rotatable bonds is 4. The third-order valence-electron chi connectivity index (χ3n) is 5.60. The standard InChI is InChI=1S/C23H26N2O2/c1-27-21-11-9-18(10-12-21)20-7-4-5-14-25(16-20)23(26)17-24-15-13-19-6-2-3-8-22(19)24/h2-3,6,8-13,15,20H,4-5,7,14,16-17H2,1H3. The summed E-state index contributed by atoms with van der Waals surface area (Å²) < 4.78 is 7.33. The van der Waals surface area contributed by atoms with Crippen LogP contribution in [-0.4, -0.2) is 35.6 Å². The normalized spacial score (nSPS) is 17.7. The fourth-order valence-corrected chi connectivity index (χ4v) is 4.04. The van der Waals surface area contributed by atoms with Crippen LogP contribution >= 0.6 is 0 Å². The van der Waals surface area contributed by atoms with Gasteiger partial charge in [-0.25, -0.2) is 0 Å². The zero-order valence-corrected chi connectivity index (χ0v) is 15.8. The minimum atomic E-state index is 0.205. The molecule has 2 aromatic carbocycles. The first-order valence-corrected chi connectivity index (χ1v) is 9.70. The minimum Gasteiger partial charge on any atom is -0.497 e. The third kappa shape index (κ3) is 3.85. The summed E-state index contributed by atoms with van der Waals surface area (Å²) in [5, 5.41) is 1.18. The van der Waals surface area contributed by atoms with Crippen molar-refractivity contribution in [2.24, 2.45) is 0 Å². The van der Waals surface area contributed by atoms with Gasteiger partial charge in [0, 0.05) is 30.7 Å². The van der Waals surface area contributed by atoms with Gasteiger partial charge in [-0.3, -0.25) is 4.79 Å². The van der Waals surface area contributed by atoms with Crippen LogP contribution in [0.25, 0.3) is 10.9 Å². The zero-order chi connectivity index (χ0) is 18.6. The van der Waals surface area contributed by atoms with Crippen molar-refractivity contribution in [2.75, 3.05) is 20.2 Å². The molecule has 1 fully saturated rings. The Bertz CT molecular complexity index is 914. The van der Waals surface area contributed by atoms with E-state index in [0.717, 1.165) is 43.6 Å². The van der Waals surface area contributed by atoms with E-state index in [-0.39, 0.29) is 5.91 Å². The van der Waals surface area contributed by atoms with E-state index in [2.05, 4.69) is 39.8 Å². The van der Waals surface area contributed by atoms with E-state index in [4.69, 9.17) is 4.74 Å². The Morgan fingerprint density at radius 3 is 2.70 bits per heavy atom. The van der Waals surface area contributed by atoms with Crippen LogP contribution in [0.3, 0.4) is 0 Å². The van der Waals surface area contributed by atoms with Crippen LogP contribution in [0, 0.1) is 0 Å². The quantitative estimate of drug-likeness (QED) is 0.687. The summed E-state index contributed by atoms with van der Waals surface area (Å²) in [6.45, 7) is 2.05. The molecule has 0 radical (unpaired) electrons. The second-order valence-corrected chi connectivity index (χ2v) is 7.31. The van der Waals surface area contributed by atoms with E-state index in [0.29, 0.717) is 12.5 Å². The number of carbonyl (C=O) groups excluding carboxylic acids is 1. The average Bonchev–Trinajstić information content (AvgIpc) is 2.95. The molecule has 1 aliphatic heterocycles. The predicted octanol–water partition coefficient (Wildman–Crippen LogP) is 4.45. The molecule has 1 aromatic heterocycles. The van der Waals surface area contributed by atoms with Crippen LogP contribution in [0.1, 0.15) is 30.7 Å². The van der Waals surface area contributed by atoms with Crippen LogP contribution in [0.5, 0.6) is 5.75 Å². The van der Waals surface area contributed by atoms with Gasteiger partial charge in [-0.05, 0) is 48.1 Å². The van der Waals surface area contributed by atoms with E-state index in [1.54, 1.807) is 7.11 Å². The maximum Gasteiger partial charge on any atom is 0.242 e. The number of methoxy groups -OCH3 is 1. The van der Waals surface area contributed by atoms with Gasteiger partial charge >= 0.3 is 0 Å². The first kappa shape index (κ1) is 17.7. The van der Waals surface area contributed by atoms with Gasteiger partial charge in [0.25, 0.3) is 0 Å². The van der Waals surface area contributed by atoms with E-state index >= 15 is 0 Å². The molecule has 1 atom stereocenters. The predicted molar refractivity (Wildman–Crippen MR) is 108 cm³/mol. The van der Waals surface area contributed by atoms with Crippen molar-refractivity contribution in [2.45, 2.75) is 31.7 Å². The molecule has 1 saturated heterocycles. The second-order valence-electron chi connectivity index (χ2n) is 7.31. The lowest BCUT2D eigenvalue weighted by molar-refractivity contribution is -0.131. The number of hydrogen-bond donors (Lipinski definition) is 0. The number of benzene rings is 2. The molecule has 0 spiro atoms. The van der Waals surface area contributed by atoms with Crippen molar-refractivity contribution in [3.8, 4) is 5.75 Å². The maximum absolute atomic E-state index is 13.0. The van der Waals surface area contributed by atoms with Gasteiger partial charge in [0.05, 0.1) is 7.11 Å². The van der Waals surface area contributed by atoms with Crippen molar-refractivity contribution in [1.82, 2.24) is 9.47 Å². The number of hydrogen-bond acceptors (Lipinski definition) is 2. The molecule has 0 aliphatic carbocycles. The largest absolute Gasteiger partial charge is 0.497 e.